The van der Waals surface area contributed by atoms with Crippen LogP contribution in [-0.2, 0) is 24.1 Å². The van der Waals surface area contributed by atoms with E-state index >= 15 is 0 Å². The van der Waals surface area contributed by atoms with Gasteiger partial charge in [0.05, 0.1) is 21.7 Å². The fourth-order valence-electron chi connectivity index (χ4n) is 3.35. The van der Waals surface area contributed by atoms with Crippen LogP contribution in [0.3, 0.4) is 0 Å². The minimum absolute atomic E-state index is 0.0187. The normalized spacial score (nSPS) is 12.5. The highest BCUT2D eigenvalue weighted by Crippen LogP contribution is 2.23. The van der Waals surface area contributed by atoms with Gasteiger partial charge in [-0.05, 0) is 24.0 Å². The Morgan fingerprint density at radius 2 is 1.73 bits per heavy atom. The maximum Gasteiger partial charge on any atom is 0.405 e. The van der Waals surface area contributed by atoms with E-state index in [1.165, 1.54) is 23.5 Å². The van der Waals surface area contributed by atoms with Crippen LogP contribution < -0.4 is 10.6 Å². The zero-order valence-corrected chi connectivity index (χ0v) is 18.7. The van der Waals surface area contributed by atoms with E-state index in [0.717, 1.165) is 22.6 Å². The Kier molecular flexibility index (Phi) is 8.09. The van der Waals surface area contributed by atoms with Gasteiger partial charge in [-0.1, -0.05) is 49.4 Å². The Labute approximate surface area is 194 Å². The Bertz CT molecular complexity index is 1100. The highest BCUT2D eigenvalue weighted by Gasteiger charge is 2.26. The lowest BCUT2D eigenvalue weighted by Crippen LogP contribution is -2.48. The van der Waals surface area contributed by atoms with Crippen molar-refractivity contribution < 1.29 is 19.6 Å². The van der Waals surface area contributed by atoms with Crippen LogP contribution in [0.1, 0.15) is 34.8 Å². The Balaban J connectivity index is 1.82. The molecule has 3 aromatic rings. The summed E-state index contributed by atoms with van der Waals surface area (Å²) >= 11 is 1.48. The number of carbonyl (C=O) groups is 2. The van der Waals surface area contributed by atoms with Crippen molar-refractivity contribution in [2.75, 3.05) is 0 Å². The van der Waals surface area contributed by atoms with Gasteiger partial charge < -0.3 is 15.7 Å². The monoisotopic (exact) mass is 468 g/mol. The number of nitro groups is 1. The molecule has 0 unspecified atom stereocenters. The molecule has 0 radical (unpaired) electrons. The minimum Gasteiger partial charge on any atom is -0.465 e. The molecule has 0 saturated carbocycles. The van der Waals surface area contributed by atoms with Gasteiger partial charge in [0, 0.05) is 23.9 Å². The van der Waals surface area contributed by atoms with Gasteiger partial charge in [0.2, 0.25) is 5.91 Å². The molecule has 0 spiro atoms. The average molecular weight is 469 g/mol. The number of hydrogen-bond donors (Lipinski definition) is 3. The summed E-state index contributed by atoms with van der Waals surface area (Å²) in [6, 6.07) is 13.7. The first kappa shape index (κ1) is 23.9. The molecule has 1 aromatic heterocycles. The van der Waals surface area contributed by atoms with Crippen molar-refractivity contribution in [3.63, 3.8) is 0 Å². The standard InChI is InChI=1S/C23H24N4O5S/c1-2-21-24-20(14-33-21)18(12-16-8-10-17(11-9-16)27(31)32)25-22(28)19(26-23(29)30)13-15-6-4-3-5-7-15/h3-11,14,18-19,26H,2,12-13H2,1H3,(H,25,28)(H,29,30)/t18-,19-/m0/s1. The number of benzene rings is 2. The third-order valence-electron chi connectivity index (χ3n) is 5.03. The Morgan fingerprint density at radius 3 is 2.30 bits per heavy atom. The molecule has 0 saturated heterocycles. The first-order valence-electron chi connectivity index (χ1n) is 10.4. The van der Waals surface area contributed by atoms with Gasteiger partial charge in [-0.2, -0.15) is 0 Å². The fraction of sp³-hybridized carbons (Fsp3) is 0.261. The first-order chi connectivity index (χ1) is 15.9. The van der Waals surface area contributed by atoms with E-state index in [-0.39, 0.29) is 12.1 Å². The van der Waals surface area contributed by atoms with E-state index in [9.17, 15) is 24.8 Å². The summed E-state index contributed by atoms with van der Waals surface area (Å²) in [7, 11) is 0. The number of nitrogens with zero attached hydrogens (tertiary/aromatic N) is 2. The van der Waals surface area contributed by atoms with E-state index in [1.807, 2.05) is 42.6 Å². The summed E-state index contributed by atoms with van der Waals surface area (Å²) in [6.07, 6.45) is 0.00223. The van der Waals surface area contributed by atoms with Crippen LogP contribution in [0.15, 0.2) is 60.0 Å². The van der Waals surface area contributed by atoms with Crippen LogP contribution in [0.5, 0.6) is 0 Å². The van der Waals surface area contributed by atoms with Crippen molar-refractivity contribution in [2.45, 2.75) is 38.3 Å². The molecule has 2 amide bonds. The smallest absolute Gasteiger partial charge is 0.405 e. The third kappa shape index (κ3) is 6.84. The molecule has 10 heteroatoms. The van der Waals surface area contributed by atoms with E-state index in [4.69, 9.17) is 0 Å². The number of hydrogen-bond acceptors (Lipinski definition) is 6. The van der Waals surface area contributed by atoms with Crippen LogP contribution in [0.25, 0.3) is 0 Å². The molecule has 3 N–H and O–H groups in total. The number of thiazole rings is 1. The third-order valence-corrected chi connectivity index (χ3v) is 6.04. The van der Waals surface area contributed by atoms with Gasteiger partial charge in [-0.15, -0.1) is 11.3 Å². The number of nitrogens with one attached hydrogen (secondary N) is 2. The van der Waals surface area contributed by atoms with E-state index in [2.05, 4.69) is 15.6 Å². The number of amides is 2. The molecule has 2 atom stereocenters. The van der Waals surface area contributed by atoms with Crippen LogP contribution in [0.2, 0.25) is 0 Å². The SMILES string of the molecule is CCc1nc([C@H](Cc2ccc([N+](=O)[O-])cc2)NC(=O)[C@H](Cc2ccccc2)NC(=O)O)cs1. The molecule has 0 aliphatic carbocycles. The predicted octanol–water partition coefficient (Wildman–Crippen LogP) is 3.89. The lowest BCUT2D eigenvalue weighted by atomic mass is 10.0. The van der Waals surface area contributed by atoms with Crippen LogP contribution >= 0.6 is 11.3 Å². The van der Waals surface area contributed by atoms with E-state index in [0.29, 0.717) is 12.1 Å². The molecule has 9 nitrogen and oxygen atoms in total. The number of aromatic nitrogens is 1. The molecule has 0 aliphatic rings. The summed E-state index contributed by atoms with van der Waals surface area (Å²) in [5.74, 6) is -0.473. The van der Waals surface area contributed by atoms with Gasteiger partial charge in [-0.25, -0.2) is 9.78 Å². The fourth-order valence-corrected chi connectivity index (χ4v) is 4.15. The molecule has 33 heavy (non-hydrogen) atoms. The van der Waals surface area contributed by atoms with Gasteiger partial charge in [0.1, 0.15) is 6.04 Å². The first-order valence-corrected chi connectivity index (χ1v) is 11.2. The van der Waals surface area contributed by atoms with Gasteiger partial charge in [-0.3, -0.25) is 14.9 Å². The van der Waals surface area contributed by atoms with Crippen molar-refractivity contribution in [2.24, 2.45) is 0 Å². The van der Waals surface area contributed by atoms with Crippen LogP contribution in [0.4, 0.5) is 10.5 Å². The summed E-state index contributed by atoms with van der Waals surface area (Å²) in [5.41, 5.74) is 2.25. The summed E-state index contributed by atoms with van der Waals surface area (Å²) < 4.78 is 0. The number of rotatable bonds is 10. The Hall–Kier alpha value is -3.79. The van der Waals surface area contributed by atoms with Crippen molar-refractivity contribution in [3.8, 4) is 0 Å². The molecular weight excluding hydrogens is 444 g/mol. The van der Waals surface area contributed by atoms with Gasteiger partial charge in [0.25, 0.3) is 5.69 Å². The number of aryl methyl sites for hydroxylation is 1. The second-order valence-electron chi connectivity index (χ2n) is 7.40. The molecule has 172 valence electrons. The lowest BCUT2D eigenvalue weighted by Gasteiger charge is -2.22. The second-order valence-corrected chi connectivity index (χ2v) is 8.34. The number of carboxylic acid groups (broad SMARTS) is 1. The second kappa shape index (κ2) is 11.2. The van der Waals surface area contributed by atoms with Gasteiger partial charge in [0.15, 0.2) is 0 Å². The molecule has 0 bridgehead atoms. The topological polar surface area (TPSA) is 134 Å². The maximum atomic E-state index is 13.1. The Morgan fingerprint density at radius 1 is 1.06 bits per heavy atom. The minimum atomic E-state index is -1.29. The van der Waals surface area contributed by atoms with Crippen LogP contribution in [-0.4, -0.2) is 33.1 Å². The van der Waals surface area contributed by atoms with Crippen molar-refractivity contribution >= 4 is 29.0 Å². The largest absolute Gasteiger partial charge is 0.465 e. The van der Waals surface area contributed by atoms with E-state index in [1.54, 1.807) is 12.1 Å². The average Bonchev–Trinajstić information content (AvgIpc) is 3.28. The quantitative estimate of drug-likeness (QED) is 0.305. The van der Waals surface area contributed by atoms with Crippen molar-refractivity contribution in [1.82, 2.24) is 15.6 Å². The van der Waals surface area contributed by atoms with Crippen molar-refractivity contribution in [3.05, 3.63) is 91.9 Å². The molecule has 1 heterocycles. The zero-order chi connectivity index (χ0) is 23.8. The zero-order valence-electron chi connectivity index (χ0n) is 17.9. The lowest BCUT2D eigenvalue weighted by molar-refractivity contribution is -0.384. The maximum absolute atomic E-state index is 13.1. The summed E-state index contributed by atoms with van der Waals surface area (Å²) in [6.45, 7) is 1.99. The number of carbonyl (C=O) groups excluding carboxylic acids is 1. The van der Waals surface area contributed by atoms with E-state index < -0.39 is 29.0 Å². The highest BCUT2D eigenvalue weighted by molar-refractivity contribution is 7.09. The molecule has 0 aliphatic heterocycles. The predicted molar refractivity (Wildman–Crippen MR) is 124 cm³/mol. The highest BCUT2D eigenvalue weighted by atomic mass is 32.1. The molecule has 0 fully saturated rings. The van der Waals surface area contributed by atoms with Gasteiger partial charge >= 0.3 is 6.09 Å². The molecule has 3 rings (SSSR count). The van der Waals surface area contributed by atoms with Crippen molar-refractivity contribution in [1.29, 1.82) is 0 Å². The number of non-ortho nitro benzene ring substituents is 1. The summed E-state index contributed by atoms with van der Waals surface area (Å²) in [4.78, 5) is 39.5. The summed E-state index contributed by atoms with van der Waals surface area (Å²) in [5, 5.41) is 28.2. The molecule has 2 aromatic carbocycles. The van der Waals surface area contributed by atoms with Crippen LogP contribution in [0, 0.1) is 10.1 Å². The number of nitro benzene ring substituents is 1. The molecular formula is C23H24N4O5S.